The Morgan fingerprint density at radius 1 is 1.58 bits per heavy atom. The number of hydrogen-bond donors (Lipinski definition) is 1. The van der Waals surface area contributed by atoms with Crippen LogP contribution >= 0.6 is 0 Å². The average Bonchev–Trinajstić information content (AvgIpc) is 1.86. The number of rotatable bonds is 4. The van der Waals surface area contributed by atoms with Gasteiger partial charge in [-0.15, -0.1) is 0 Å². The quantitative estimate of drug-likeness (QED) is 0.465. The van der Waals surface area contributed by atoms with E-state index >= 15 is 0 Å². The van der Waals surface area contributed by atoms with E-state index < -0.39 is 21.3 Å². The first-order valence-electron chi connectivity index (χ1n) is 2.26. The van der Waals surface area contributed by atoms with Crippen molar-refractivity contribution in [3.63, 3.8) is 0 Å². The fourth-order valence-corrected chi connectivity index (χ4v) is 0.669. The van der Waals surface area contributed by atoms with Crippen molar-refractivity contribution in [2.24, 2.45) is 5.06 Å². The fraction of sp³-hybridized carbons (Fsp3) is 0.500. The van der Waals surface area contributed by atoms with Crippen LogP contribution < -0.4 is 0 Å². The Hall–Kier alpha value is -1.06. The minimum absolute atomic E-state index is 2.17. The third-order valence-electron chi connectivity index (χ3n) is 0.714. The van der Waals surface area contributed by atoms with Crippen molar-refractivity contribution in [2.75, 3.05) is 0 Å². The molecule has 0 radical (unpaired) electrons. The summed E-state index contributed by atoms with van der Waals surface area (Å²) >= 11 is 0. The number of hydrogen-bond acceptors (Lipinski definition) is 5. The second-order valence-electron chi connectivity index (χ2n) is 1.48. The summed E-state index contributed by atoms with van der Waals surface area (Å²) in [5.41, 5.74) is 0. The van der Waals surface area contributed by atoms with Crippen molar-refractivity contribution >= 4 is 23.7 Å². The number of nitrogens with zero attached hydrogens (tertiary/aromatic N) is 1. The van der Waals surface area contributed by atoms with E-state index in [1.807, 2.05) is 0 Å². The molecule has 0 fully saturated rings. The van der Waals surface area contributed by atoms with E-state index in [1.165, 1.54) is 0 Å². The van der Waals surface area contributed by atoms with Crippen LogP contribution in [-0.2, 0) is 19.2 Å². The molecule has 0 spiro atoms. The van der Waals surface area contributed by atoms with Gasteiger partial charge < -0.3 is 0 Å². The first kappa shape index (κ1) is 10.9. The van der Waals surface area contributed by atoms with Crippen molar-refractivity contribution in [1.82, 2.24) is 0 Å². The first-order valence-corrected chi connectivity index (χ1v) is 3.67. The summed E-state index contributed by atoms with van der Waals surface area (Å²) in [6.45, 7) is 0. The molecule has 0 saturated carbocycles. The SMILES string of the molecule is B=NOS(=O)(=O)C(F)(F)C(=O)O. The molecule has 0 saturated heterocycles. The molecule has 0 bridgehead atoms. The van der Waals surface area contributed by atoms with E-state index in [0.717, 1.165) is 0 Å². The Balaban J connectivity index is 5.02. The van der Waals surface area contributed by atoms with Gasteiger partial charge in [0.1, 0.15) is 0 Å². The van der Waals surface area contributed by atoms with E-state index in [2.05, 4.69) is 17.0 Å². The normalized spacial score (nSPS) is 12.1. The van der Waals surface area contributed by atoms with Crippen LogP contribution in [0.4, 0.5) is 8.78 Å². The monoisotopic (exact) mass is 201 g/mol. The summed E-state index contributed by atoms with van der Waals surface area (Å²) < 4.78 is 47.7. The van der Waals surface area contributed by atoms with Gasteiger partial charge in [-0.05, 0) is 0 Å². The van der Waals surface area contributed by atoms with Gasteiger partial charge in [0.25, 0.3) is 0 Å². The van der Waals surface area contributed by atoms with Gasteiger partial charge in [0.2, 0.25) is 0 Å². The minimum atomic E-state index is -5.57. The molecule has 0 aromatic rings. The molecule has 0 aliphatic carbocycles. The van der Waals surface area contributed by atoms with Gasteiger partial charge in [-0.25, -0.2) is 0 Å². The summed E-state index contributed by atoms with van der Waals surface area (Å²) in [7, 11) is -3.13. The average molecular weight is 201 g/mol. The zero-order valence-corrected chi connectivity index (χ0v) is 6.22. The third-order valence-corrected chi connectivity index (χ3v) is 1.82. The van der Waals surface area contributed by atoms with Gasteiger partial charge in [0, 0.05) is 0 Å². The molecule has 68 valence electrons. The zero-order valence-electron chi connectivity index (χ0n) is 5.40. The van der Waals surface area contributed by atoms with Crippen molar-refractivity contribution in [1.29, 1.82) is 0 Å². The Morgan fingerprint density at radius 3 is 2.25 bits per heavy atom. The van der Waals surface area contributed by atoms with E-state index in [9.17, 15) is 22.0 Å². The second kappa shape index (κ2) is 3.13. The predicted octanol–water partition coefficient (Wildman–Crippen LogP) is -0.990. The molecule has 6 nitrogen and oxygen atoms in total. The first-order chi connectivity index (χ1) is 5.25. The molecule has 0 aromatic carbocycles. The number of halogens is 2. The van der Waals surface area contributed by atoms with Crippen molar-refractivity contribution < 1.29 is 31.4 Å². The number of alkyl halides is 2. The third kappa shape index (κ3) is 1.75. The molecule has 0 atom stereocenters. The molecule has 0 heterocycles. The van der Waals surface area contributed by atoms with Crippen LogP contribution in [0, 0.1) is 0 Å². The number of carbonyl (C=O) groups is 1. The molecule has 0 unspecified atom stereocenters. The molecular weight excluding hydrogens is 199 g/mol. The van der Waals surface area contributed by atoms with Gasteiger partial charge in [0.15, 0.2) is 0 Å². The summed E-state index contributed by atoms with van der Waals surface area (Å²) in [6, 6.07) is 0. The summed E-state index contributed by atoms with van der Waals surface area (Å²) in [5, 5.41) is 4.89. The van der Waals surface area contributed by atoms with Crippen LogP contribution in [0.15, 0.2) is 5.06 Å². The molecule has 0 aliphatic rings. The van der Waals surface area contributed by atoms with Crippen LogP contribution in [0.5, 0.6) is 0 Å². The summed E-state index contributed by atoms with van der Waals surface area (Å²) in [4.78, 5) is 9.67. The van der Waals surface area contributed by atoms with Crippen LogP contribution in [0.1, 0.15) is 0 Å². The van der Waals surface area contributed by atoms with Crippen molar-refractivity contribution in [2.45, 2.75) is 5.25 Å². The van der Waals surface area contributed by atoms with Crippen LogP contribution in [-0.4, -0.2) is 32.4 Å². The summed E-state index contributed by atoms with van der Waals surface area (Å²) in [5.74, 6) is -2.84. The van der Waals surface area contributed by atoms with Gasteiger partial charge in [-0.3, -0.25) is 0 Å². The number of carboxylic acids is 1. The molecule has 12 heavy (non-hydrogen) atoms. The van der Waals surface area contributed by atoms with Gasteiger partial charge in [0.05, 0.1) is 0 Å². The van der Waals surface area contributed by atoms with Crippen molar-refractivity contribution in [3.8, 4) is 0 Å². The molecule has 10 heteroatoms. The molecule has 0 rings (SSSR count). The topological polar surface area (TPSA) is 93.0 Å². The van der Waals surface area contributed by atoms with Crippen molar-refractivity contribution in [3.05, 3.63) is 0 Å². The Labute approximate surface area is 66.3 Å². The van der Waals surface area contributed by atoms with E-state index in [-0.39, 0.29) is 0 Å². The number of aliphatic carboxylic acids is 1. The maximum absolute atomic E-state index is 12.1. The van der Waals surface area contributed by atoms with Crippen LogP contribution in [0.2, 0.25) is 0 Å². The van der Waals surface area contributed by atoms with E-state index in [4.69, 9.17) is 5.11 Å². The second-order valence-corrected chi connectivity index (χ2v) is 3.05. The molecule has 0 amide bonds. The van der Waals surface area contributed by atoms with Gasteiger partial charge in [-0.2, -0.15) is 0 Å². The molecular formula is C2H2BF2NO5S. The standard InChI is InChI=1S/C2H2BF2NO5S/c3-6-11-12(9,10)2(4,5)1(7)8/h3H,(H,7,8). The molecule has 0 aromatic heterocycles. The van der Waals surface area contributed by atoms with Crippen LogP contribution in [0.3, 0.4) is 0 Å². The Kier molecular flexibility index (Phi) is 2.85. The van der Waals surface area contributed by atoms with Gasteiger partial charge >= 0.3 is 65.4 Å². The number of carboxylic acid groups (broad SMARTS) is 1. The fourth-order valence-electron chi connectivity index (χ4n) is 0.223. The zero-order chi connectivity index (χ0) is 9.99. The Morgan fingerprint density at radius 2 is 2.00 bits per heavy atom. The predicted molar refractivity (Wildman–Crippen MR) is 32.2 cm³/mol. The van der Waals surface area contributed by atoms with Crippen LogP contribution in [0.25, 0.3) is 0 Å². The van der Waals surface area contributed by atoms with E-state index in [1.54, 1.807) is 0 Å². The molecule has 0 aliphatic heterocycles. The Bertz CT molecular complexity index is 299. The maximum atomic E-state index is 12.1. The van der Waals surface area contributed by atoms with E-state index in [0.29, 0.717) is 0 Å². The van der Waals surface area contributed by atoms with Gasteiger partial charge in [-0.1, -0.05) is 0 Å². The summed E-state index contributed by atoms with van der Waals surface area (Å²) in [6.07, 6.45) is 0. The molecule has 1 N–H and O–H groups in total.